The summed E-state index contributed by atoms with van der Waals surface area (Å²) in [6.45, 7) is 2.93. The van der Waals surface area contributed by atoms with Gasteiger partial charge in [-0.2, -0.15) is 0 Å². The third-order valence-electron chi connectivity index (χ3n) is 10.7. The fourth-order valence-electron chi connectivity index (χ4n) is 8.88. The Hall–Kier alpha value is -4.51. The first-order valence-corrected chi connectivity index (χ1v) is 16.2. The van der Waals surface area contributed by atoms with Crippen molar-refractivity contribution in [2.24, 2.45) is 0 Å². The van der Waals surface area contributed by atoms with E-state index < -0.39 is 29.5 Å². The molecule has 2 aliphatic carbocycles. The van der Waals surface area contributed by atoms with Crippen LogP contribution in [0.15, 0.2) is 72.8 Å². The van der Waals surface area contributed by atoms with Crippen LogP contribution in [0, 0.1) is 0 Å². The number of rotatable bonds is 8. The number of phenols is 1. The van der Waals surface area contributed by atoms with Gasteiger partial charge in [-0.25, -0.2) is 0 Å². The fourth-order valence-corrected chi connectivity index (χ4v) is 8.88. The first kappa shape index (κ1) is 32.1. The number of benzene rings is 3. The van der Waals surface area contributed by atoms with Gasteiger partial charge in [-0.3, -0.25) is 14.5 Å². The van der Waals surface area contributed by atoms with Crippen LogP contribution in [0.5, 0.6) is 17.2 Å². The molecule has 1 spiro atoms. The van der Waals surface area contributed by atoms with Crippen molar-refractivity contribution in [3.05, 3.63) is 95.1 Å². The average molecular weight is 663 g/mol. The van der Waals surface area contributed by atoms with Crippen molar-refractivity contribution in [2.75, 3.05) is 20.1 Å². The summed E-state index contributed by atoms with van der Waals surface area (Å²) in [5.74, 6) is -0.742. The molecule has 1 amide bonds. The van der Waals surface area contributed by atoms with Crippen LogP contribution < -0.4 is 9.47 Å². The molecule has 5 atom stereocenters. The van der Waals surface area contributed by atoms with Crippen molar-refractivity contribution in [2.45, 2.75) is 74.6 Å². The van der Waals surface area contributed by atoms with Crippen LogP contribution in [0.4, 0.5) is 13.2 Å². The maximum atomic E-state index is 13.7. The summed E-state index contributed by atoms with van der Waals surface area (Å²) >= 11 is 0. The number of alkyl halides is 3. The average Bonchev–Trinajstić information content (AvgIpc) is 3.39. The third-order valence-corrected chi connectivity index (χ3v) is 10.7. The van der Waals surface area contributed by atoms with Gasteiger partial charge in [0.1, 0.15) is 17.5 Å². The highest BCUT2D eigenvalue weighted by atomic mass is 19.4. The SMILES string of the molecule is CC(=O)O[C@@]12CC[C@H](N(C)C(=O)C=Cc3cccc(OC(F)(F)F)c3)[C@@H]3Oc4c(O)ccc5c4[C@@]31CCN(CCc1ccccc1)[C@@H]2C5. The molecule has 4 aliphatic rings. The maximum absolute atomic E-state index is 13.7. The number of esters is 1. The Bertz CT molecular complexity index is 1760. The Morgan fingerprint density at radius 2 is 1.90 bits per heavy atom. The minimum Gasteiger partial charge on any atom is -0.504 e. The maximum Gasteiger partial charge on any atom is 0.573 e. The van der Waals surface area contributed by atoms with Gasteiger partial charge in [0.25, 0.3) is 0 Å². The molecular weight excluding hydrogens is 625 g/mol. The molecule has 1 saturated heterocycles. The molecule has 48 heavy (non-hydrogen) atoms. The molecule has 2 heterocycles. The van der Waals surface area contributed by atoms with Crippen molar-refractivity contribution in [1.29, 1.82) is 0 Å². The van der Waals surface area contributed by atoms with Gasteiger partial charge in [-0.05, 0) is 79.6 Å². The molecule has 7 rings (SSSR count). The van der Waals surface area contributed by atoms with E-state index >= 15 is 0 Å². The lowest BCUT2D eigenvalue weighted by molar-refractivity contribution is -0.274. The summed E-state index contributed by atoms with van der Waals surface area (Å²) in [6, 6.07) is 18.7. The molecule has 0 aromatic heterocycles. The van der Waals surface area contributed by atoms with Gasteiger partial charge in [0, 0.05) is 32.2 Å². The molecule has 2 bridgehead atoms. The lowest BCUT2D eigenvalue weighted by Gasteiger charge is -2.65. The lowest BCUT2D eigenvalue weighted by Crippen LogP contribution is -2.79. The zero-order valence-corrected chi connectivity index (χ0v) is 26.7. The zero-order valence-electron chi connectivity index (χ0n) is 26.7. The van der Waals surface area contributed by atoms with Crippen molar-refractivity contribution < 1.29 is 42.1 Å². The number of hydrogen-bond donors (Lipinski definition) is 1. The van der Waals surface area contributed by atoms with E-state index in [0.29, 0.717) is 37.0 Å². The molecule has 11 heteroatoms. The monoisotopic (exact) mass is 662 g/mol. The third kappa shape index (κ3) is 5.28. The normalized spacial score (nSPS) is 27.2. The van der Waals surface area contributed by atoms with E-state index in [4.69, 9.17) is 9.47 Å². The predicted molar refractivity (Wildman–Crippen MR) is 170 cm³/mol. The Morgan fingerprint density at radius 3 is 2.65 bits per heavy atom. The van der Waals surface area contributed by atoms with E-state index in [1.807, 2.05) is 24.3 Å². The lowest BCUT2D eigenvalue weighted by atomic mass is 9.48. The standard InChI is InChI=1S/C37H37F3N2O6/c1-23(43)47-36-17-15-28(41(2)31(45)14-11-25-9-6-10-27(21-25)48-37(38,39)40)34-35(36)18-20-42(19-16-24-7-4-3-5-8-24)30(36)22-26-12-13-29(44)33(46-34)32(26)35/h3-14,21,28,30,34,44H,15-20,22H2,1-2H3/t28-,30+,34-,35-,36+/m0/s1. The first-order valence-electron chi connectivity index (χ1n) is 16.2. The molecule has 2 fully saturated rings. The minimum atomic E-state index is -4.83. The Balaban J connectivity index is 1.22. The largest absolute Gasteiger partial charge is 0.573 e. The van der Waals surface area contributed by atoms with Crippen molar-refractivity contribution in [1.82, 2.24) is 9.80 Å². The number of phenolic OH excluding ortho intramolecular Hbond substituents is 1. The van der Waals surface area contributed by atoms with Crippen LogP contribution in [0.3, 0.4) is 0 Å². The van der Waals surface area contributed by atoms with Crippen LogP contribution in [0.25, 0.3) is 6.08 Å². The number of hydrogen-bond acceptors (Lipinski definition) is 7. The second-order valence-electron chi connectivity index (χ2n) is 13.2. The highest BCUT2D eigenvalue weighted by Gasteiger charge is 2.75. The summed E-state index contributed by atoms with van der Waals surface area (Å²) in [5.41, 5.74) is 1.75. The van der Waals surface area contributed by atoms with Gasteiger partial charge < -0.3 is 24.2 Å². The number of piperidine rings is 1. The number of amides is 1. The van der Waals surface area contributed by atoms with Gasteiger partial charge in [0.2, 0.25) is 5.91 Å². The summed E-state index contributed by atoms with van der Waals surface area (Å²) < 4.78 is 55.4. The zero-order chi connectivity index (χ0) is 33.8. The number of likely N-dealkylation sites (tertiary alicyclic amines) is 1. The second-order valence-corrected chi connectivity index (χ2v) is 13.2. The number of aromatic hydroxyl groups is 1. The molecule has 1 N–H and O–H groups in total. The number of carbonyl (C=O) groups is 2. The Labute approximate surface area is 276 Å². The highest BCUT2D eigenvalue weighted by molar-refractivity contribution is 5.92. The van der Waals surface area contributed by atoms with Crippen molar-refractivity contribution in [3.63, 3.8) is 0 Å². The smallest absolute Gasteiger partial charge is 0.504 e. The summed E-state index contributed by atoms with van der Waals surface area (Å²) in [6.07, 6.45) is 0.338. The van der Waals surface area contributed by atoms with Gasteiger partial charge >= 0.3 is 12.3 Å². The molecule has 252 valence electrons. The number of halogens is 3. The molecule has 8 nitrogen and oxygen atoms in total. The van der Waals surface area contributed by atoms with E-state index in [9.17, 15) is 27.9 Å². The van der Waals surface area contributed by atoms with E-state index in [1.165, 1.54) is 42.8 Å². The van der Waals surface area contributed by atoms with E-state index in [0.717, 1.165) is 30.6 Å². The fraction of sp³-hybridized carbons (Fsp3) is 0.405. The van der Waals surface area contributed by atoms with E-state index in [1.54, 1.807) is 24.1 Å². The Kier molecular flexibility index (Phi) is 7.93. The number of ether oxygens (including phenoxy) is 3. The first-order chi connectivity index (χ1) is 22.9. The molecule has 3 aromatic carbocycles. The van der Waals surface area contributed by atoms with E-state index in [2.05, 4.69) is 21.8 Å². The summed E-state index contributed by atoms with van der Waals surface area (Å²) in [7, 11) is 1.68. The molecule has 3 aromatic rings. The number of nitrogens with zero attached hydrogens (tertiary/aromatic N) is 2. The van der Waals surface area contributed by atoms with Crippen molar-refractivity contribution in [3.8, 4) is 17.2 Å². The van der Waals surface area contributed by atoms with Crippen LogP contribution in [0.2, 0.25) is 0 Å². The second kappa shape index (κ2) is 11.9. The molecule has 0 unspecified atom stereocenters. The number of carbonyl (C=O) groups excluding carboxylic acids is 2. The van der Waals surface area contributed by atoms with E-state index in [-0.39, 0.29) is 29.4 Å². The summed E-state index contributed by atoms with van der Waals surface area (Å²) in [5, 5.41) is 11.1. The highest BCUT2D eigenvalue weighted by Crippen LogP contribution is 2.67. The Morgan fingerprint density at radius 1 is 1.10 bits per heavy atom. The van der Waals surface area contributed by atoms with Gasteiger partial charge in [-0.15, -0.1) is 13.2 Å². The van der Waals surface area contributed by atoms with Crippen molar-refractivity contribution >= 4 is 18.0 Å². The van der Waals surface area contributed by atoms with Crippen LogP contribution in [-0.4, -0.2) is 77.1 Å². The molecule has 0 radical (unpaired) electrons. The van der Waals surface area contributed by atoms with Crippen LogP contribution in [0.1, 0.15) is 48.4 Å². The van der Waals surface area contributed by atoms with Crippen LogP contribution >= 0.6 is 0 Å². The molecular formula is C37H37F3N2O6. The van der Waals surface area contributed by atoms with Gasteiger partial charge in [0.15, 0.2) is 11.5 Å². The quantitative estimate of drug-likeness (QED) is 0.241. The predicted octanol–water partition coefficient (Wildman–Crippen LogP) is 5.80. The minimum absolute atomic E-state index is 0.00721. The number of likely N-dealkylation sites (N-methyl/N-ethyl adjacent to an activating group) is 1. The molecule has 2 aliphatic heterocycles. The van der Waals surface area contributed by atoms with Gasteiger partial charge in [-0.1, -0.05) is 48.5 Å². The molecule has 1 saturated carbocycles. The van der Waals surface area contributed by atoms with Crippen LogP contribution in [-0.2, 0) is 32.6 Å². The topological polar surface area (TPSA) is 88.5 Å². The summed E-state index contributed by atoms with van der Waals surface area (Å²) in [4.78, 5) is 30.6. The van der Waals surface area contributed by atoms with Gasteiger partial charge in [0.05, 0.1) is 17.5 Å².